The van der Waals surface area contributed by atoms with E-state index in [9.17, 15) is 31.8 Å². The molecule has 3 N–H and O–H groups in total. The summed E-state index contributed by atoms with van der Waals surface area (Å²) in [5, 5.41) is 18.2. The van der Waals surface area contributed by atoms with Gasteiger partial charge in [-0.3, -0.25) is 24.4 Å². The predicted molar refractivity (Wildman–Crippen MR) is 198 cm³/mol. The van der Waals surface area contributed by atoms with Crippen LogP contribution in [-0.2, 0) is 25.4 Å². The van der Waals surface area contributed by atoms with E-state index in [1.165, 1.54) is 31.8 Å². The molecule has 14 nitrogen and oxygen atoms in total. The van der Waals surface area contributed by atoms with Crippen LogP contribution in [0.15, 0.2) is 30.6 Å². The number of alkyl halides is 3. The Morgan fingerprint density at radius 1 is 1.09 bits per heavy atom. The third-order valence-corrected chi connectivity index (χ3v) is 11.1. The van der Waals surface area contributed by atoms with Crippen molar-refractivity contribution in [1.29, 1.82) is 0 Å². The van der Waals surface area contributed by atoms with Crippen LogP contribution in [0.25, 0.3) is 10.9 Å². The largest absolute Gasteiger partial charge is 0.432 e. The van der Waals surface area contributed by atoms with Gasteiger partial charge in [-0.1, -0.05) is 17.7 Å². The van der Waals surface area contributed by atoms with Gasteiger partial charge in [0.2, 0.25) is 11.9 Å². The molecule has 2 unspecified atom stereocenters. The molecular weight excluding hydrogens is 753 g/mol. The zero-order valence-electron chi connectivity index (χ0n) is 30.6. The van der Waals surface area contributed by atoms with Gasteiger partial charge >= 0.3 is 6.61 Å². The van der Waals surface area contributed by atoms with E-state index < -0.39 is 29.3 Å². The zero-order chi connectivity index (χ0) is 39.4. The second-order valence-electron chi connectivity index (χ2n) is 13.6. The maximum absolute atomic E-state index is 13.0. The standard InChI is InChI=1S/C30H37ClF2N8O4S.C4H7FO.CH4O/c31-27-23-16-20(2-3-24(23)41(38-27)25-4-5-26(42)37-28(25)43)19-6-11-39(12-7-19)10-1-15-46(44)40-13-8-21(9-14-40)36-30-34-17-22(18-35-30)45-29(32)33;1-4(2,5)3-6;1-2/h2-3,16-19,21,25,29H,1,4-15H2,(H,34,35,36)(H,37,42,43);3H,1-2H3;2H,1H3. The smallest absolute Gasteiger partial charge is 0.387 e. The monoisotopic (exact) mass is 800 g/mol. The van der Waals surface area contributed by atoms with E-state index in [4.69, 9.17) is 16.7 Å². The average molecular weight is 801 g/mol. The first-order chi connectivity index (χ1) is 25.8. The summed E-state index contributed by atoms with van der Waals surface area (Å²) in [6.07, 6.45) is 7.83. The Hall–Kier alpha value is -3.71. The van der Waals surface area contributed by atoms with Gasteiger partial charge in [-0.05, 0) is 95.6 Å². The molecule has 5 heterocycles. The lowest BCUT2D eigenvalue weighted by atomic mass is 9.89. The molecule has 0 bridgehead atoms. The molecule has 298 valence electrons. The molecule has 6 rings (SSSR count). The number of aldehydes is 1. The van der Waals surface area contributed by atoms with Crippen LogP contribution >= 0.6 is 11.6 Å². The summed E-state index contributed by atoms with van der Waals surface area (Å²) in [5.74, 6) is 0.680. The van der Waals surface area contributed by atoms with Crippen LogP contribution in [0.4, 0.5) is 19.1 Å². The van der Waals surface area contributed by atoms with Crippen molar-refractivity contribution >= 4 is 57.5 Å². The molecule has 1 aromatic carbocycles. The molecule has 0 radical (unpaired) electrons. The minimum absolute atomic E-state index is 0.0865. The number of fused-ring (bicyclic) bond motifs is 1. The van der Waals surface area contributed by atoms with E-state index in [0.29, 0.717) is 42.3 Å². The second kappa shape index (κ2) is 20.3. The van der Waals surface area contributed by atoms with Gasteiger partial charge in [0.05, 0.1) is 28.9 Å². The molecule has 0 spiro atoms. The summed E-state index contributed by atoms with van der Waals surface area (Å²) >= 11 is 6.51. The fraction of sp³-hybridized carbons (Fsp3) is 0.600. The van der Waals surface area contributed by atoms with Crippen molar-refractivity contribution in [2.24, 2.45) is 0 Å². The van der Waals surface area contributed by atoms with Gasteiger partial charge in [-0.25, -0.2) is 22.9 Å². The number of anilines is 1. The fourth-order valence-electron chi connectivity index (χ4n) is 6.50. The Kier molecular flexibility index (Phi) is 16.2. The van der Waals surface area contributed by atoms with Crippen molar-refractivity contribution in [3.63, 3.8) is 0 Å². The first-order valence-corrected chi connectivity index (χ1v) is 19.5. The number of hydrogen-bond donors (Lipinski definition) is 3. The Balaban J connectivity index is 0.000000741. The number of nitrogens with one attached hydrogen (secondary N) is 2. The number of likely N-dealkylation sites (tertiary alicyclic amines) is 1. The van der Waals surface area contributed by atoms with E-state index in [-0.39, 0.29) is 36.3 Å². The maximum atomic E-state index is 13.0. The molecule has 3 aromatic rings. The first-order valence-electron chi connectivity index (χ1n) is 17.8. The number of aliphatic hydroxyl groups is 1. The Labute approximate surface area is 319 Å². The first kappa shape index (κ1) is 43.0. The SMILES string of the molecule is CC(C)(F)C=O.CO.O=C1CCC(n2nc(Cl)c3cc(C4CCN(CCCS(=O)N5CCC(Nc6ncc(OC(F)F)cn6)CC5)CC4)ccc32)C(=O)N1. The van der Waals surface area contributed by atoms with Crippen molar-refractivity contribution in [3.05, 3.63) is 41.3 Å². The second-order valence-corrected chi connectivity index (χ2v) is 15.6. The molecular formula is C35H48ClF3N8O6S. The van der Waals surface area contributed by atoms with Gasteiger partial charge in [0.25, 0.3) is 5.91 Å². The molecule has 3 saturated heterocycles. The average Bonchev–Trinajstić information content (AvgIpc) is 3.48. The molecule has 2 atom stereocenters. The molecule has 0 saturated carbocycles. The summed E-state index contributed by atoms with van der Waals surface area (Å²) in [7, 11) is -0.0397. The summed E-state index contributed by atoms with van der Waals surface area (Å²) < 4.78 is 57.3. The lowest BCUT2D eigenvalue weighted by Crippen LogP contribution is -2.42. The number of imide groups is 1. The lowest BCUT2D eigenvalue weighted by Gasteiger charge is -2.33. The number of hydrogen-bond acceptors (Lipinski definition) is 11. The van der Waals surface area contributed by atoms with Gasteiger partial charge in [-0.2, -0.15) is 13.9 Å². The van der Waals surface area contributed by atoms with E-state index in [0.717, 1.165) is 69.8 Å². The van der Waals surface area contributed by atoms with Gasteiger partial charge in [0.15, 0.2) is 22.9 Å². The number of rotatable bonds is 12. The highest BCUT2D eigenvalue weighted by atomic mass is 35.5. The van der Waals surface area contributed by atoms with E-state index in [1.54, 1.807) is 4.68 Å². The van der Waals surface area contributed by atoms with Gasteiger partial charge in [0, 0.05) is 43.8 Å². The highest BCUT2D eigenvalue weighted by molar-refractivity contribution is 7.82. The number of aliphatic hydroxyl groups excluding tert-OH is 1. The topological polar surface area (TPSA) is 172 Å². The van der Waals surface area contributed by atoms with Crippen molar-refractivity contribution in [1.82, 2.24) is 34.3 Å². The fourth-order valence-corrected chi connectivity index (χ4v) is 7.98. The number of nitrogens with zero attached hydrogens (tertiary/aromatic N) is 6. The van der Waals surface area contributed by atoms with Gasteiger partial charge < -0.3 is 20.1 Å². The van der Waals surface area contributed by atoms with Crippen molar-refractivity contribution in [3.8, 4) is 5.75 Å². The molecule has 3 fully saturated rings. The van der Waals surface area contributed by atoms with E-state index in [2.05, 4.69) is 47.5 Å². The molecule has 0 aliphatic carbocycles. The van der Waals surface area contributed by atoms with Crippen LogP contribution in [0.1, 0.15) is 76.3 Å². The normalized spacial score (nSPS) is 19.7. The molecule has 54 heavy (non-hydrogen) atoms. The lowest BCUT2D eigenvalue weighted by molar-refractivity contribution is -0.135. The number of amides is 2. The van der Waals surface area contributed by atoms with Crippen molar-refractivity contribution < 1.29 is 41.6 Å². The third-order valence-electron chi connectivity index (χ3n) is 9.25. The number of piperidine rings is 3. The quantitative estimate of drug-likeness (QED) is 0.175. The summed E-state index contributed by atoms with van der Waals surface area (Å²) in [4.78, 5) is 43.9. The predicted octanol–water partition coefficient (Wildman–Crippen LogP) is 4.41. The van der Waals surface area contributed by atoms with Crippen molar-refractivity contribution in [2.75, 3.05) is 50.9 Å². The van der Waals surface area contributed by atoms with E-state index in [1.807, 2.05) is 10.4 Å². The van der Waals surface area contributed by atoms with Crippen LogP contribution < -0.4 is 15.4 Å². The minimum Gasteiger partial charge on any atom is -0.432 e. The van der Waals surface area contributed by atoms with Gasteiger partial charge in [0.1, 0.15) is 6.04 Å². The highest BCUT2D eigenvalue weighted by Crippen LogP contribution is 2.34. The molecule has 19 heteroatoms. The summed E-state index contributed by atoms with van der Waals surface area (Å²) in [6.45, 7) is 3.73. The highest BCUT2D eigenvalue weighted by Gasteiger charge is 2.31. The maximum Gasteiger partial charge on any atom is 0.387 e. The van der Waals surface area contributed by atoms with Crippen molar-refractivity contribution in [2.45, 2.75) is 89.1 Å². The molecule has 2 amide bonds. The Morgan fingerprint density at radius 3 is 2.33 bits per heavy atom. The number of halogens is 4. The number of aromatic nitrogens is 4. The molecule has 2 aromatic heterocycles. The van der Waals surface area contributed by atoms with Crippen LogP contribution in [0, 0.1) is 0 Å². The van der Waals surface area contributed by atoms with Crippen LogP contribution in [0.3, 0.4) is 0 Å². The number of carbonyl (C=O) groups excluding carboxylic acids is 3. The van der Waals surface area contributed by atoms with Crippen LogP contribution in [0.2, 0.25) is 5.15 Å². The third kappa shape index (κ3) is 12.4. The number of ether oxygens (including phenoxy) is 1. The summed E-state index contributed by atoms with van der Waals surface area (Å²) in [5.41, 5.74) is 0.359. The van der Waals surface area contributed by atoms with Gasteiger partial charge in [-0.15, -0.1) is 0 Å². The zero-order valence-corrected chi connectivity index (χ0v) is 32.1. The van der Waals surface area contributed by atoms with Crippen LogP contribution in [0.5, 0.6) is 5.75 Å². The Morgan fingerprint density at radius 2 is 1.74 bits per heavy atom. The Bertz CT molecular complexity index is 1720. The molecule has 3 aliphatic rings. The van der Waals surface area contributed by atoms with E-state index >= 15 is 0 Å². The molecule has 3 aliphatic heterocycles. The number of carbonyl (C=O) groups is 3. The minimum atomic E-state index is -2.92. The number of benzene rings is 1. The summed E-state index contributed by atoms with van der Waals surface area (Å²) in [6, 6.07) is 5.73. The van der Waals surface area contributed by atoms with Crippen LogP contribution in [-0.4, -0.2) is 120 Å².